The molecule has 1 aromatic heterocycles. The van der Waals surface area contributed by atoms with E-state index in [4.69, 9.17) is 11.6 Å². The first kappa shape index (κ1) is 9.55. The van der Waals surface area contributed by atoms with Crippen molar-refractivity contribution in [2.24, 2.45) is 0 Å². The monoisotopic (exact) mass is 203 g/mol. The van der Waals surface area contributed by atoms with Crippen molar-refractivity contribution in [3.05, 3.63) is 34.9 Å². The van der Waals surface area contributed by atoms with Gasteiger partial charge in [0.25, 0.3) is 0 Å². The van der Waals surface area contributed by atoms with Gasteiger partial charge in [-0.15, -0.1) is 0 Å². The van der Waals surface area contributed by atoms with Gasteiger partial charge in [-0.25, -0.2) is 9.37 Å². The van der Waals surface area contributed by atoms with E-state index in [-0.39, 0.29) is 11.0 Å². The minimum absolute atomic E-state index is 0.287. The predicted octanol–water partition coefficient (Wildman–Crippen LogP) is 2.82. The lowest BCUT2D eigenvalue weighted by Gasteiger charge is -1.95. The van der Waals surface area contributed by atoms with E-state index in [1.807, 2.05) is 0 Å². The van der Waals surface area contributed by atoms with Crippen LogP contribution in [0.5, 0.6) is 0 Å². The Morgan fingerprint density at radius 2 is 2.42 bits per heavy atom. The maximum Gasteiger partial charge on any atom is 0.148 e. The molecule has 1 rings (SSSR count). The highest BCUT2D eigenvalue weighted by Gasteiger charge is 1.98. The summed E-state index contributed by atoms with van der Waals surface area (Å²) in [5.41, 5.74) is 0.434. The molecule has 64 valence electrons. The van der Waals surface area contributed by atoms with Crippen LogP contribution in [-0.2, 0) is 0 Å². The number of nitrogens with zero attached hydrogens (tertiary/aromatic N) is 1. The number of thiol groups is 1. The smallest absolute Gasteiger partial charge is 0.148 e. The number of halogens is 2. The fourth-order valence-corrected chi connectivity index (χ4v) is 1.01. The molecule has 0 radical (unpaired) electrons. The summed E-state index contributed by atoms with van der Waals surface area (Å²) in [6.07, 6.45) is 4.45. The summed E-state index contributed by atoms with van der Waals surface area (Å²) in [4.78, 5) is 3.58. The van der Waals surface area contributed by atoms with Gasteiger partial charge in [0.15, 0.2) is 0 Å². The van der Waals surface area contributed by atoms with E-state index in [9.17, 15) is 4.39 Å². The number of hydrogen-bond acceptors (Lipinski definition) is 2. The molecule has 1 heterocycles. The van der Waals surface area contributed by atoms with Crippen LogP contribution < -0.4 is 0 Å². The number of aromatic nitrogens is 1. The highest BCUT2D eigenvalue weighted by Crippen LogP contribution is 2.12. The summed E-state index contributed by atoms with van der Waals surface area (Å²) in [7, 11) is 0. The van der Waals surface area contributed by atoms with Crippen LogP contribution in [0, 0.1) is 5.82 Å². The van der Waals surface area contributed by atoms with Crippen molar-refractivity contribution in [3.63, 3.8) is 0 Å². The molecule has 0 spiro atoms. The average molecular weight is 204 g/mol. The number of rotatable bonds is 2. The van der Waals surface area contributed by atoms with E-state index in [0.717, 1.165) is 6.20 Å². The van der Waals surface area contributed by atoms with Crippen molar-refractivity contribution in [2.75, 3.05) is 5.75 Å². The SMILES string of the molecule is Fc1cnc(Cl)cc1C=CCS. The number of hydrogen-bond donors (Lipinski definition) is 1. The second kappa shape index (κ2) is 4.48. The van der Waals surface area contributed by atoms with Crippen LogP contribution in [0.3, 0.4) is 0 Å². The Hall–Kier alpha value is -0.540. The van der Waals surface area contributed by atoms with Gasteiger partial charge in [-0.2, -0.15) is 12.6 Å². The third-order valence-electron chi connectivity index (χ3n) is 1.25. The van der Waals surface area contributed by atoms with Gasteiger partial charge in [-0.3, -0.25) is 0 Å². The Morgan fingerprint density at radius 3 is 3.08 bits per heavy atom. The van der Waals surface area contributed by atoms with Gasteiger partial charge in [-0.1, -0.05) is 23.8 Å². The zero-order valence-corrected chi connectivity index (χ0v) is 7.82. The van der Waals surface area contributed by atoms with Crippen molar-refractivity contribution >= 4 is 30.3 Å². The Bertz CT molecular complexity index is 301. The molecule has 0 N–H and O–H groups in total. The molecule has 0 amide bonds. The second-order valence-electron chi connectivity index (χ2n) is 2.11. The van der Waals surface area contributed by atoms with E-state index in [0.29, 0.717) is 11.3 Å². The molecule has 0 aliphatic carbocycles. The zero-order valence-electron chi connectivity index (χ0n) is 6.17. The van der Waals surface area contributed by atoms with Gasteiger partial charge in [0, 0.05) is 11.3 Å². The van der Waals surface area contributed by atoms with Crippen LogP contribution in [-0.4, -0.2) is 10.7 Å². The van der Waals surface area contributed by atoms with Gasteiger partial charge in [-0.05, 0) is 6.07 Å². The fourth-order valence-electron chi connectivity index (χ4n) is 0.735. The fraction of sp³-hybridized carbons (Fsp3) is 0.125. The van der Waals surface area contributed by atoms with Crippen LogP contribution in [0.2, 0.25) is 5.15 Å². The molecular weight excluding hydrogens is 197 g/mol. The Morgan fingerprint density at radius 1 is 1.67 bits per heavy atom. The molecule has 0 saturated heterocycles. The summed E-state index contributed by atoms with van der Waals surface area (Å²) in [6, 6.07) is 1.47. The Balaban J connectivity index is 2.97. The third-order valence-corrected chi connectivity index (χ3v) is 1.67. The maximum absolute atomic E-state index is 12.9. The average Bonchev–Trinajstić information content (AvgIpc) is 2.07. The van der Waals surface area contributed by atoms with Gasteiger partial charge in [0.2, 0.25) is 0 Å². The second-order valence-corrected chi connectivity index (χ2v) is 2.87. The lowest BCUT2D eigenvalue weighted by atomic mass is 10.2. The van der Waals surface area contributed by atoms with Crippen LogP contribution in [0.4, 0.5) is 4.39 Å². The van der Waals surface area contributed by atoms with E-state index in [1.165, 1.54) is 6.07 Å². The molecule has 1 nitrogen and oxygen atoms in total. The summed E-state index contributed by atoms with van der Waals surface area (Å²) < 4.78 is 12.9. The van der Waals surface area contributed by atoms with Crippen molar-refractivity contribution in [1.29, 1.82) is 0 Å². The van der Waals surface area contributed by atoms with Crippen molar-refractivity contribution in [2.45, 2.75) is 0 Å². The molecule has 12 heavy (non-hydrogen) atoms. The molecule has 0 aromatic carbocycles. The molecule has 0 saturated carbocycles. The lowest BCUT2D eigenvalue weighted by Crippen LogP contribution is -1.84. The van der Waals surface area contributed by atoms with Gasteiger partial charge >= 0.3 is 0 Å². The summed E-state index contributed by atoms with van der Waals surface area (Å²) in [5.74, 6) is 0.191. The molecule has 0 aliphatic heterocycles. The van der Waals surface area contributed by atoms with Crippen LogP contribution in [0.15, 0.2) is 18.3 Å². The Kier molecular flexibility index (Phi) is 3.56. The van der Waals surface area contributed by atoms with Crippen molar-refractivity contribution < 1.29 is 4.39 Å². The maximum atomic E-state index is 12.9. The molecular formula is C8H7ClFNS. The first-order valence-electron chi connectivity index (χ1n) is 3.32. The van der Waals surface area contributed by atoms with Crippen LogP contribution >= 0.6 is 24.2 Å². The molecule has 0 atom stereocenters. The predicted molar refractivity (Wildman–Crippen MR) is 52.1 cm³/mol. The topological polar surface area (TPSA) is 12.9 Å². The lowest BCUT2D eigenvalue weighted by molar-refractivity contribution is 0.618. The van der Waals surface area contributed by atoms with E-state index in [1.54, 1.807) is 12.2 Å². The van der Waals surface area contributed by atoms with E-state index < -0.39 is 0 Å². The van der Waals surface area contributed by atoms with Gasteiger partial charge < -0.3 is 0 Å². The summed E-state index contributed by atoms with van der Waals surface area (Å²) in [6.45, 7) is 0. The van der Waals surface area contributed by atoms with Gasteiger partial charge in [0.1, 0.15) is 11.0 Å². The highest BCUT2D eigenvalue weighted by molar-refractivity contribution is 7.80. The minimum atomic E-state index is -0.377. The first-order chi connectivity index (χ1) is 5.74. The number of pyridine rings is 1. The summed E-state index contributed by atoms with van der Waals surface area (Å²) >= 11 is 9.52. The molecule has 0 fully saturated rings. The Labute approximate surface area is 80.7 Å². The molecule has 4 heteroatoms. The summed E-state index contributed by atoms with van der Waals surface area (Å²) in [5, 5.41) is 0.287. The van der Waals surface area contributed by atoms with Crippen molar-refractivity contribution in [3.8, 4) is 0 Å². The quantitative estimate of drug-likeness (QED) is 0.576. The zero-order chi connectivity index (χ0) is 8.97. The molecule has 0 unspecified atom stereocenters. The molecule has 1 aromatic rings. The first-order valence-corrected chi connectivity index (χ1v) is 4.33. The molecule has 0 bridgehead atoms. The van der Waals surface area contributed by atoms with E-state index in [2.05, 4.69) is 17.6 Å². The van der Waals surface area contributed by atoms with E-state index >= 15 is 0 Å². The van der Waals surface area contributed by atoms with Crippen molar-refractivity contribution in [1.82, 2.24) is 4.98 Å². The standard InChI is InChI=1S/C8H7ClFNS/c9-8-4-6(2-1-3-12)7(10)5-11-8/h1-2,4-5,12H,3H2. The normalized spacial score (nSPS) is 10.9. The van der Waals surface area contributed by atoms with Gasteiger partial charge in [0.05, 0.1) is 6.20 Å². The molecule has 0 aliphatic rings. The minimum Gasteiger partial charge on any atom is -0.241 e. The largest absolute Gasteiger partial charge is 0.241 e. The van der Waals surface area contributed by atoms with Crippen LogP contribution in [0.1, 0.15) is 5.56 Å². The third kappa shape index (κ3) is 2.50. The van der Waals surface area contributed by atoms with Crippen LogP contribution in [0.25, 0.3) is 6.08 Å². The highest BCUT2D eigenvalue weighted by atomic mass is 35.5.